The van der Waals surface area contributed by atoms with Crippen molar-refractivity contribution in [2.75, 3.05) is 46.4 Å². The normalized spacial score (nSPS) is 20.8. The molecule has 1 aromatic rings. The van der Waals surface area contributed by atoms with E-state index in [-0.39, 0.29) is 36.0 Å². The lowest BCUT2D eigenvalue weighted by Gasteiger charge is -2.37. The molecule has 0 bridgehead atoms. The van der Waals surface area contributed by atoms with E-state index in [1.165, 1.54) is 5.56 Å². The van der Waals surface area contributed by atoms with E-state index in [2.05, 4.69) is 20.3 Å². The summed E-state index contributed by atoms with van der Waals surface area (Å²) in [7, 11) is 3.73. The largest absolute Gasteiger partial charge is 0.368 e. The topological polar surface area (TPSA) is 75.0 Å². The van der Waals surface area contributed by atoms with E-state index in [1.54, 1.807) is 7.05 Å². The van der Waals surface area contributed by atoms with Gasteiger partial charge in [0, 0.05) is 59.6 Å². The Hall–Kier alpha value is -1.36. The van der Waals surface area contributed by atoms with Crippen molar-refractivity contribution in [3.63, 3.8) is 0 Å². The number of guanidine groups is 1. The highest BCUT2D eigenvalue weighted by atomic mass is 127. The number of rotatable bonds is 4. The Bertz CT molecular complexity index is 606. The Morgan fingerprint density at radius 2 is 2.08 bits per heavy atom. The van der Waals surface area contributed by atoms with Crippen molar-refractivity contribution in [3.8, 4) is 0 Å². The fraction of sp³-hybridized carbons (Fsp3) is 0.706. The first-order chi connectivity index (χ1) is 12.2. The minimum Gasteiger partial charge on any atom is -0.368 e. The molecule has 9 heteroatoms. The minimum atomic E-state index is -0.219. The van der Waals surface area contributed by atoms with Crippen LogP contribution in [0.3, 0.4) is 0 Å². The molecule has 1 unspecified atom stereocenters. The van der Waals surface area contributed by atoms with Crippen molar-refractivity contribution in [2.24, 2.45) is 12.0 Å². The van der Waals surface area contributed by atoms with Crippen LogP contribution in [0.15, 0.2) is 17.4 Å². The fourth-order valence-corrected chi connectivity index (χ4v) is 3.37. The van der Waals surface area contributed by atoms with Crippen molar-refractivity contribution in [1.82, 2.24) is 24.9 Å². The molecule has 3 rings (SSSR count). The van der Waals surface area contributed by atoms with Gasteiger partial charge in [-0.05, 0) is 24.8 Å². The minimum absolute atomic E-state index is 0. The molecule has 3 heterocycles. The molecule has 1 N–H and O–H groups in total. The maximum absolute atomic E-state index is 12.4. The van der Waals surface area contributed by atoms with Gasteiger partial charge in [0.1, 0.15) is 6.10 Å². The van der Waals surface area contributed by atoms with Gasteiger partial charge in [0.2, 0.25) is 0 Å². The predicted molar refractivity (Wildman–Crippen MR) is 111 cm³/mol. The zero-order valence-corrected chi connectivity index (χ0v) is 17.9. The Morgan fingerprint density at radius 1 is 1.35 bits per heavy atom. The molecule has 8 nitrogen and oxygen atoms in total. The summed E-state index contributed by atoms with van der Waals surface area (Å²) in [6, 6.07) is 0. The fourth-order valence-electron chi connectivity index (χ4n) is 3.37. The SMILES string of the molecule is CN=C(NCCc1cnn(C)c1)N1CCN(C(=O)C2CCCO2)CC1.I. The van der Waals surface area contributed by atoms with Gasteiger partial charge in [0.05, 0.1) is 6.20 Å². The Morgan fingerprint density at radius 3 is 2.65 bits per heavy atom. The predicted octanol–water partition coefficient (Wildman–Crippen LogP) is 0.479. The first-order valence-electron chi connectivity index (χ1n) is 9.01. The molecule has 0 spiro atoms. The summed E-state index contributed by atoms with van der Waals surface area (Å²) in [5.41, 5.74) is 1.21. The second kappa shape index (κ2) is 10.1. The van der Waals surface area contributed by atoms with Gasteiger partial charge in [-0.3, -0.25) is 14.5 Å². The Labute approximate surface area is 172 Å². The lowest BCUT2D eigenvalue weighted by molar-refractivity contribution is -0.142. The van der Waals surface area contributed by atoms with E-state index < -0.39 is 0 Å². The number of hydrogen-bond donors (Lipinski definition) is 1. The smallest absolute Gasteiger partial charge is 0.251 e. The third-order valence-electron chi connectivity index (χ3n) is 4.76. The number of aryl methyl sites for hydroxylation is 1. The van der Waals surface area contributed by atoms with Gasteiger partial charge >= 0.3 is 0 Å². The van der Waals surface area contributed by atoms with Crippen LogP contribution in [0.4, 0.5) is 0 Å². The number of amides is 1. The molecule has 2 saturated heterocycles. The Balaban J connectivity index is 0.00000243. The number of piperazine rings is 1. The first kappa shape index (κ1) is 20.9. The number of carbonyl (C=O) groups is 1. The number of hydrogen-bond acceptors (Lipinski definition) is 4. The summed E-state index contributed by atoms with van der Waals surface area (Å²) in [5.74, 6) is 1.05. The maximum atomic E-state index is 12.4. The number of aliphatic imine (C=N–C) groups is 1. The van der Waals surface area contributed by atoms with Crippen LogP contribution in [0.25, 0.3) is 0 Å². The zero-order chi connectivity index (χ0) is 17.6. The number of halogens is 1. The standard InChI is InChI=1S/C17H28N6O2.HI/c1-18-17(19-6-5-14-12-20-21(2)13-14)23-9-7-22(8-10-23)16(24)15-4-3-11-25-15;/h12-13,15H,3-11H2,1-2H3,(H,18,19);1H. The van der Waals surface area contributed by atoms with Gasteiger partial charge in [-0.25, -0.2) is 0 Å². The molecule has 26 heavy (non-hydrogen) atoms. The molecule has 0 aliphatic carbocycles. The lowest BCUT2D eigenvalue weighted by Crippen LogP contribution is -2.55. The van der Waals surface area contributed by atoms with Crippen LogP contribution in [-0.4, -0.2) is 83.9 Å². The second-order valence-corrected chi connectivity index (χ2v) is 6.56. The van der Waals surface area contributed by atoms with Gasteiger partial charge in [0.15, 0.2) is 5.96 Å². The maximum Gasteiger partial charge on any atom is 0.251 e. The highest BCUT2D eigenvalue weighted by Crippen LogP contribution is 2.16. The van der Waals surface area contributed by atoms with Crippen LogP contribution in [0.2, 0.25) is 0 Å². The molecule has 0 saturated carbocycles. The zero-order valence-electron chi connectivity index (χ0n) is 15.6. The molecule has 1 atom stereocenters. The van der Waals surface area contributed by atoms with Crippen molar-refractivity contribution >= 4 is 35.8 Å². The van der Waals surface area contributed by atoms with E-state index in [1.807, 2.05) is 29.0 Å². The molecule has 0 aromatic carbocycles. The number of nitrogens with one attached hydrogen (secondary N) is 1. The molecule has 2 aliphatic rings. The summed E-state index contributed by atoms with van der Waals surface area (Å²) < 4.78 is 7.33. The third kappa shape index (κ3) is 5.32. The van der Waals surface area contributed by atoms with Crippen molar-refractivity contribution in [2.45, 2.75) is 25.4 Å². The number of ether oxygens (including phenoxy) is 1. The summed E-state index contributed by atoms with van der Waals surface area (Å²) in [6.07, 6.45) is 6.45. The Kier molecular flexibility index (Phi) is 8.14. The van der Waals surface area contributed by atoms with Gasteiger partial charge in [0.25, 0.3) is 5.91 Å². The van der Waals surface area contributed by atoms with E-state index in [4.69, 9.17) is 4.74 Å². The summed E-state index contributed by atoms with van der Waals surface area (Å²) in [5, 5.41) is 7.59. The summed E-state index contributed by atoms with van der Waals surface area (Å²) in [4.78, 5) is 20.9. The van der Waals surface area contributed by atoms with Crippen molar-refractivity contribution in [1.29, 1.82) is 0 Å². The quantitative estimate of drug-likeness (QED) is 0.389. The average molecular weight is 476 g/mol. The van der Waals surface area contributed by atoms with Crippen molar-refractivity contribution in [3.05, 3.63) is 18.0 Å². The van der Waals surface area contributed by atoms with Crippen LogP contribution < -0.4 is 5.32 Å². The first-order valence-corrected chi connectivity index (χ1v) is 9.01. The van der Waals surface area contributed by atoms with Crippen LogP contribution in [0.5, 0.6) is 0 Å². The van der Waals surface area contributed by atoms with E-state index >= 15 is 0 Å². The second-order valence-electron chi connectivity index (χ2n) is 6.56. The van der Waals surface area contributed by atoms with Crippen LogP contribution in [0.1, 0.15) is 18.4 Å². The molecule has 0 radical (unpaired) electrons. The molecule has 2 aliphatic heterocycles. The monoisotopic (exact) mass is 476 g/mol. The molecule has 1 amide bonds. The highest BCUT2D eigenvalue weighted by Gasteiger charge is 2.30. The van der Waals surface area contributed by atoms with E-state index in [0.29, 0.717) is 6.61 Å². The van der Waals surface area contributed by atoms with Gasteiger partial charge in [-0.2, -0.15) is 5.10 Å². The van der Waals surface area contributed by atoms with Gasteiger partial charge < -0.3 is 19.9 Å². The molecular weight excluding hydrogens is 447 g/mol. The van der Waals surface area contributed by atoms with E-state index in [9.17, 15) is 4.79 Å². The molecule has 2 fully saturated rings. The summed E-state index contributed by atoms with van der Waals surface area (Å²) in [6.45, 7) is 4.57. The number of nitrogens with zero attached hydrogens (tertiary/aromatic N) is 5. The van der Waals surface area contributed by atoms with Crippen LogP contribution in [0, 0.1) is 0 Å². The summed E-state index contributed by atoms with van der Waals surface area (Å²) >= 11 is 0. The van der Waals surface area contributed by atoms with E-state index in [0.717, 1.165) is 57.9 Å². The number of carbonyl (C=O) groups excluding carboxylic acids is 1. The molecule has 146 valence electrons. The lowest BCUT2D eigenvalue weighted by atomic mass is 10.2. The van der Waals surface area contributed by atoms with Crippen LogP contribution >= 0.6 is 24.0 Å². The average Bonchev–Trinajstić information content (AvgIpc) is 3.30. The van der Waals surface area contributed by atoms with Gasteiger partial charge in [-0.15, -0.1) is 24.0 Å². The van der Waals surface area contributed by atoms with Crippen molar-refractivity contribution < 1.29 is 9.53 Å². The number of aromatic nitrogens is 2. The highest BCUT2D eigenvalue weighted by molar-refractivity contribution is 14.0. The third-order valence-corrected chi connectivity index (χ3v) is 4.76. The molecular formula is C17H29IN6O2. The molecule has 1 aromatic heterocycles. The van der Waals surface area contributed by atoms with Gasteiger partial charge in [-0.1, -0.05) is 0 Å². The van der Waals surface area contributed by atoms with Crippen LogP contribution in [-0.2, 0) is 23.0 Å².